The Morgan fingerprint density at radius 2 is 1.85 bits per heavy atom. The lowest BCUT2D eigenvalue weighted by atomic mass is 10.1. The molecule has 0 spiro atoms. The SMILES string of the molecule is Cc1n[nH]c(C)c1S(=O)(=O)NC(C)c1ccc(F)cc1. The van der Waals surface area contributed by atoms with Crippen LogP contribution in [0.3, 0.4) is 0 Å². The van der Waals surface area contributed by atoms with E-state index in [1.54, 1.807) is 32.9 Å². The zero-order valence-corrected chi connectivity index (χ0v) is 12.3. The van der Waals surface area contributed by atoms with Gasteiger partial charge in [-0.15, -0.1) is 0 Å². The van der Waals surface area contributed by atoms with Gasteiger partial charge in [-0.05, 0) is 38.5 Å². The Kier molecular flexibility index (Phi) is 3.92. The molecule has 1 aromatic carbocycles. The number of hydrogen-bond acceptors (Lipinski definition) is 3. The second-order valence-electron chi connectivity index (χ2n) is 4.66. The minimum atomic E-state index is -3.67. The molecule has 0 saturated carbocycles. The van der Waals surface area contributed by atoms with E-state index in [1.807, 2.05) is 0 Å². The van der Waals surface area contributed by atoms with Crippen LogP contribution in [0.2, 0.25) is 0 Å². The Morgan fingerprint density at radius 1 is 1.25 bits per heavy atom. The molecule has 0 saturated heterocycles. The molecule has 7 heteroatoms. The van der Waals surface area contributed by atoms with E-state index >= 15 is 0 Å². The number of aromatic nitrogens is 2. The molecule has 1 atom stereocenters. The molecule has 5 nitrogen and oxygen atoms in total. The van der Waals surface area contributed by atoms with Crippen LogP contribution in [-0.2, 0) is 10.0 Å². The van der Waals surface area contributed by atoms with Gasteiger partial charge in [0.2, 0.25) is 10.0 Å². The molecule has 0 radical (unpaired) electrons. The van der Waals surface area contributed by atoms with Crippen molar-refractivity contribution in [2.24, 2.45) is 0 Å². The first kappa shape index (κ1) is 14.7. The van der Waals surface area contributed by atoms with Crippen LogP contribution < -0.4 is 4.72 Å². The van der Waals surface area contributed by atoms with Gasteiger partial charge in [-0.25, -0.2) is 17.5 Å². The highest BCUT2D eigenvalue weighted by Crippen LogP contribution is 2.20. The second-order valence-corrected chi connectivity index (χ2v) is 6.31. The predicted molar refractivity (Wildman–Crippen MR) is 73.2 cm³/mol. The van der Waals surface area contributed by atoms with Crippen LogP contribution in [0.4, 0.5) is 4.39 Å². The lowest BCUT2D eigenvalue weighted by Crippen LogP contribution is -2.27. The quantitative estimate of drug-likeness (QED) is 0.908. The third-order valence-corrected chi connectivity index (χ3v) is 4.83. The normalized spacial score (nSPS) is 13.4. The van der Waals surface area contributed by atoms with Crippen molar-refractivity contribution in [2.45, 2.75) is 31.7 Å². The number of sulfonamides is 1. The first-order valence-electron chi connectivity index (χ1n) is 6.10. The molecular weight excluding hydrogens is 281 g/mol. The molecule has 20 heavy (non-hydrogen) atoms. The summed E-state index contributed by atoms with van der Waals surface area (Å²) in [6.07, 6.45) is 0. The number of halogens is 1. The summed E-state index contributed by atoms with van der Waals surface area (Å²) in [5.74, 6) is -0.356. The van der Waals surface area contributed by atoms with Crippen LogP contribution in [0.1, 0.15) is 29.9 Å². The van der Waals surface area contributed by atoms with E-state index in [2.05, 4.69) is 14.9 Å². The first-order chi connectivity index (χ1) is 9.31. The Labute approximate surface area is 117 Å². The molecule has 0 aliphatic heterocycles. The summed E-state index contributed by atoms with van der Waals surface area (Å²) >= 11 is 0. The van der Waals surface area contributed by atoms with Gasteiger partial charge in [0.05, 0.1) is 11.4 Å². The van der Waals surface area contributed by atoms with E-state index in [1.165, 1.54) is 12.1 Å². The van der Waals surface area contributed by atoms with E-state index in [9.17, 15) is 12.8 Å². The Hall–Kier alpha value is -1.73. The molecule has 0 amide bonds. The van der Waals surface area contributed by atoms with Crippen molar-refractivity contribution in [2.75, 3.05) is 0 Å². The van der Waals surface area contributed by atoms with Crippen molar-refractivity contribution in [3.63, 3.8) is 0 Å². The smallest absolute Gasteiger partial charge is 0.244 e. The summed E-state index contributed by atoms with van der Waals surface area (Å²) < 4.78 is 40.1. The maximum atomic E-state index is 12.9. The van der Waals surface area contributed by atoms with E-state index in [0.717, 1.165) is 0 Å². The lowest BCUT2D eigenvalue weighted by Gasteiger charge is -2.14. The van der Waals surface area contributed by atoms with E-state index in [4.69, 9.17) is 0 Å². The monoisotopic (exact) mass is 297 g/mol. The molecule has 0 aliphatic rings. The molecular formula is C13H16FN3O2S. The minimum absolute atomic E-state index is 0.159. The number of aromatic amines is 1. The summed E-state index contributed by atoms with van der Waals surface area (Å²) in [6, 6.07) is 5.24. The fourth-order valence-electron chi connectivity index (χ4n) is 2.05. The van der Waals surface area contributed by atoms with Crippen LogP contribution in [0, 0.1) is 19.7 Å². The highest BCUT2D eigenvalue weighted by molar-refractivity contribution is 7.89. The zero-order chi connectivity index (χ0) is 14.9. The Balaban J connectivity index is 2.27. The summed E-state index contributed by atoms with van der Waals surface area (Å²) in [5.41, 5.74) is 1.59. The van der Waals surface area contributed by atoms with Gasteiger partial charge in [-0.2, -0.15) is 5.10 Å². The van der Waals surface area contributed by atoms with Gasteiger partial charge in [0.1, 0.15) is 10.7 Å². The van der Waals surface area contributed by atoms with Crippen LogP contribution in [0.5, 0.6) is 0 Å². The largest absolute Gasteiger partial charge is 0.281 e. The third kappa shape index (κ3) is 2.88. The Morgan fingerprint density at radius 3 is 2.35 bits per heavy atom. The van der Waals surface area contributed by atoms with Gasteiger partial charge < -0.3 is 0 Å². The average Bonchev–Trinajstić information content (AvgIpc) is 2.69. The average molecular weight is 297 g/mol. The minimum Gasteiger partial charge on any atom is -0.281 e. The molecule has 0 fully saturated rings. The van der Waals surface area contributed by atoms with Gasteiger partial charge in [-0.1, -0.05) is 12.1 Å². The summed E-state index contributed by atoms with van der Waals surface area (Å²) in [6.45, 7) is 4.98. The van der Waals surface area contributed by atoms with Crippen molar-refractivity contribution >= 4 is 10.0 Å². The molecule has 2 aromatic rings. The van der Waals surface area contributed by atoms with Crippen molar-refractivity contribution in [3.05, 3.63) is 47.0 Å². The van der Waals surface area contributed by atoms with E-state index < -0.39 is 16.1 Å². The molecule has 0 bridgehead atoms. The number of benzene rings is 1. The van der Waals surface area contributed by atoms with E-state index in [-0.39, 0.29) is 10.7 Å². The second kappa shape index (κ2) is 5.34. The molecule has 108 valence electrons. The summed E-state index contributed by atoms with van der Waals surface area (Å²) in [5, 5.41) is 6.53. The van der Waals surface area contributed by atoms with Crippen molar-refractivity contribution in [1.82, 2.24) is 14.9 Å². The van der Waals surface area contributed by atoms with Crippen molar-refractivity contribution < 1.29 is 12.8 Å². The molecule has 1 unspecified atom stereocenters. The number of nitrogens with one attached hydrogen (secondary N) is 2. The Bertz CT molecular complexity index is 688. The molecule has 2 rings (SSSR count). The van der Waals surface area contributed by atoms with Gasteiger partial charge in [-0.3, -0.25) is 5.10 Å². The van der Waals surface area contributed by atoms with Crippen LogP contribution in [0.25, 0.3) is 0 Å². The number of hydrogen-bond donors (Lipinski definition) is 2. The standard InChI is InChI=1S/C13H16FN3O2S/c1-8(11-4-6-12(14)7-5-11)17-20(18,19)13-9(2)15-16-10(13)3/h4-8,17H,1-3H3,(H,15,16). The highest BCUT2D eigenvalue weighted by Gasteiger charge is 2.24. The van der Waals surface area contributed by atoms with Gasteiger partial charge in [0.25, 0.3) is 0 Å². The fourth-order valence-corrected chi connectivity index (χ4v) is 3.65. The first-order valence-corrected chi connectivity index (χ1v) is 7.59. The maximum Gasteiger partial charge on any atom is 0.244 e. The van der Waals surface area contributed by atoms with Crippen molar-refractivity contribution in [1.29, 1.82) is 0 Å². The third-order valence-electron chi connectivity index (χ3n) is 3.03. The molecule has 0 aliphatic carbocycles. The number of aryl methyl sites for hydroxylation is 2. The zero-order valence-electron chi connectivity index (χ0n) is 11.4. The molecule has 1 aromatic heterocycles. The van der Waals surface area contributed by atoms with Crippen LogP contribution >= 0.6 is 0 Å². The van der Waals surface area contributed by atoms with Gasteiger partial charge >= 0.3 is 0 Å². The molecule has 2 N–H and O–H groups in total. The summed E-state index contributed by atoms with van der Waals surface area (Å²) in [7, 11) is -3.67. The highest BCUT2D eigenvalue weighted by atomic mass is 32.2. The number of H-pyrrole nitrogens is 1. The lowest BCUT2D eigenvalue weighted by molar-refractivity contribution is 0.565. The fraction of sp³-hybridized carbons (Fsp3) is 0.308. The molecule has 1 heterocycles. The van der Waals surface area contributed by atoms with Crippen LogP contribution in [-0.4, -0.2) is 18.6 Å². The maximum absolute atomic E-state index is 12.9. The summed E-state index contributed by atoms with van der Waals surface area (Å²) in [4.78, 5) is 0.159. The van der Waals surface area contributed by atoms with Gasteiger partial charge in [0, 0.05) is 6.04 Å². The van der Waals surface area contributed by atoms with Crippen LogP contribution in [0.15, 0.2) is 29.2 Å². The van der Waals surface area contributed by atoms with Gasteiger partial charge in [0.15, 0.2) is 0 Å². The van der Waals surface area contributed by atoms with Crippen molar-refractivity contribution in [3.8, 4) is 0 Å². The number of nitrogens with zero attached hydrogens (tertiary/aromatic N) is 1. The number of rotatable bonds is 4. The topological polar surface area (TPSA) is 74.8 Å². The van der Waals surface area contributed by atoms with E-state index in [0.29, 0.717) is 17.0 Å². The predicted octanol–water partition coefficient (Wildman–Crippen LogP) is 2.21.